The Labute approximate surface area is 180 Å². The average Bonchev–Trinajstić information content (AvgIpc) is 2.68. The Hall–Kier alpha value is -0.420. The van der Waals surface area contributed by atoms with E-state index < -0.39 is 5.41 Å². The van der Waals surface area contributed by atoms with Crippen molar-refractivity contribution >= 4 is 0 Å². The first-order valence-electron chi connectivity index (χ1n) is 11.8. The Balaban J connectivity index is 3.81. The standard InChI is InChI=1S/C25H50O4/c1-21(2)9-6-10-22(3)11-7-12-23(4)13-8-14-24(5)15-16-29-20-25(17-26,18-27)19-28/h15,21-23,26-28H,6-14,16-20H2,1-5H3/b24-15+. The van der Waals surface area contributed by atoms with Gasteiger partial charge < -0.3 is 20.1 Å². The summed E-state index contributed by atoms with van der Waals surface area (Å²) >= 11 is 0. The van der Waals surface area contributed by atoms with Crippen molar-refractivity contribution in [3.8, 4) is 0 Å². The summed E-state index contributed by atoms with van der Waals surface area (Å²) in [4.78, 5) is 0. The highest BCUT2D eigenvalue weighted by Gasteiger charge is 2.28. The van der Waals surface area contributed by atoms with Crippen LogP contribution >= 0.6 is 0 Å². The smallest absolute Gasteiger partial charge is 0.0650 e. The Morgan fingerprint density at radius 3 is 1.76 bits per heavy atom. The van der Waals surface area contributed by atoms with E-state index in [1.165, 1.54) is 56.9 Å². The van der Waals surface area contributed by atoms with Gasteiger partial charge >= 0.3 is 0 Å². The van der Waals surface area contributed by atoms with Crippen LogP contribution in [0, 0.1) is 23.2 Å². The number of hydrogen-bond acceptors (Lipinski definition) is 4. The van der Waals surface area contributed by atoms with Gasteiger partial charge in [-0.2, -0.15) is 0 Å². The van der Waals surface area contributed by atoms with Crippen LogP contribution in [0.5, 0.6) is 0 Å². The molecule has 0 fully saturated rings. The molecule has 0 aliphatic rings. The summed E-state index contributed by atoms with van der Waals surface area (Å²) in [5.41, 5.74) is 0.377. The van der Waals surface area contributed by atoms with Crippen molar-refractivity contribution in [3.05, 3.63) is 11.6 Å². The second-order valence-corrected chi connectivity index (χ2v) is 9.90. The molecule has 3 N–H and O–H groups in total. The molecule has 0 spiro atoms. The first-order valence-corrected chi connectivity index (χ1v) is 11.8. The van der Waals surface area contributed by atoms with Gasteiger partial charge in [0.15, 0.2) is 0 Å². The molecule has 0 aromatic rings. The number of aliphatic hydroxyl groups is 3. The third kappa shape index (κ3) is 15.1. The fourth-order valence-corrected chi connectivity index (χ4v) is 3.57. The minimum Gasteiger partial charge on any atom is -0.396 e. The predicted octanol–water partition coefficient (Wildman–Crippen LogP) is 5.35. The molecule has 29 heavy (non-hydrogen) atoms. The van der Waals surface area contributed by atoms with Crippen molar-refractivity contribution in [1.29, 1.82) is 0 Å². The highest BCUT2D eigenvalue weighted by atomic mass is 16.5. The molecule has 0 bridgehead atoms. The molecule has 0 saturated carbocycles. The summed E-state index contributed by atoms with van der Waals surface area (Å²) in [5, 5.41) is 27.9. The van der Waals surface area contributed by atoms with Gasteiger partial charge in [-0.05, 0) is 37.5 Å². The zero-order chi connectivity index (χ0) is 22.1. The highest BCUT2D eigenvalue weighted by molar-refractivity contribution is 4.98. The van der Waals surface area contributed by atoms with Crippen molar-refractivity contribution < 1.29 is 20.1 Å². The van der Waals surface area contributed by atoms with Crippen molar-refractivity contribution in [3.63, 3.8) is 0 Å². The van der Waals surface area contributed by atoms with Gasteiger partial charge in [0.25, 0.3) is 0 Å². The fraction of sp³-hybridized carbons (Fsp3) is 0.920. The lowest BCUT2D eigenvalue weighted by atomic mass is 9.91. The van der Waals surface area contributed by atoms with E-state index in [0.29, 0.717) is 6.61 Å². The number of ether oxygens (including phenoxy) is 1. The Bertz CT molecular complexity index is 393. The van der Waals surface area contributed by atoms with Gasteiger partial charge in [-0.1, -0.05) is 84.3 Å². The predicted molar refractivity (Wildman–Crippen MR) is 123 cm³/mol. The second-order valence-electron chi connectivity index (χ2n) is 9.90. The van der Waals surface area contributed by atoms with E-state index >= 15 is 0 Å². The zero-order valence-corrected chi connectivity index (χ0v) is 20.0. The lowest BCUT2D eigenvalue weighted by Crippen LogP contribution is -2.38. The Kier molecular flexibility index (Phi) is 17.0. The summed E-state index contributed by atoms with van der Waals surface area (Å²) in [6.07, 6.45) is 13.8. The molecule has 0 aromatic carbocycles. The van der Waals surface area contributed by atoms with E-state index in [-0.39, 0.29) is 26.4 Å². The van der Waals surface area contributed by atoms with Gasteiger partial charge in [0, 0.05) is 0 Å². The third-order valence-corrected chi connectivity index (χ3v) is 6.10. The quantitative estimate of drug-likeness (QED) is 0.197. The maximum atomic E-state index is 9.29. The Morgan fingerprint density at radius 1 is 0.793 bits per heavy atom. The molecule has 4 heteroatoms. The lowest BCUT2D eigenvalue weighted by molar-refractivity contribution is -0.0524. The lowest BCUT2D eigenvalue weighted by Gasteiger charge is -2.26. The van der Waals surface area contributed by atoms with Crippen LogP contribution in [0.2, 0.25) is 0 Å². The molecular weight excluding hydrogens is 364 g/mol. The molecule has 0 radical (unpaired) electrons. The molecule has 2 unspecified atom stereocenters. The Morgan fingerprint density at radius 2 is 1.28 bits per heavy atom. The minimum absolute atomic E-state index is 0.160. The first kappa shape index (κ1) is 28.6. The van der Waals surface area contributed by atoms with E-state index in [4.69, 9.17) is 4.74 Å². The number of hydrogen-bond donors (Lipinski definition) is 3. The van der Waals surface area contributed by atoms with Crippen molar-refractivity contribution in [2.75, 3.05) is 33.0 Å². The van der Waals surface area contributed by atoms with E-state index in [0.717, 1.165) is 24.2 Å². The largest absolute Gasteiger partial charge is 0.396 e. The summed E-state index contributed by atoms with van der Waals surface area (Å²) in [6.45, 7) is 11.3. The van der Waals surface area contributed by atoms with Gasteiger partial charge in [-0.15, -0.1) is 0 Å². The third-order valence-electron chi connectivity index (χ3n) is 6.10. The van der Waals surface area contributed by atoms with Gasteiger partial charge in [0.1, 0.15) is 0 Å². The summed E-state index contributed by atoms with van der Waals surface area (Å²) in [5.74, 6) is 2.50. The monoisotopic (exact) mass is 414 g/mol. The van der Waals surface area contributed by atoms with Crippen LogP contribution in [0.3, 0.4) is 0 Å². The molecule has 4 nitrogen and oxygen atoms in total. The van der Waals surface area contributed by atoms with Crippen LogP contribution < -0.4 is 0 Å². The normalized spacial score (nSPS) is 15.1. The number of allylic oxidation sites excluding steroid dienone is 1. The van der Waals surface area contributed by atoms with Crippen molar-refractivity contribution in [2.45, 2.75) is 92.4 Å². The first-order chi connectivity index (χ1) is 13.8. The zero-order valence-electron chi connectivity index (χ0n) is 20.0. The van der Waals surface area contributed by atoms with Gasteiger partial charge in [-0.25, -0.2) is 0 Å². The van der Waals surface area contributed by atoms with E-state index in [1.807, 2.05) is 0 Å². The van der Waals surface area contributed by atoms with Crippen molar-refractivity contribution in [2.24, 2.45) is 23.2 Å². The van der Waals surface area contributed by atoms with E-state index in [2.05, 4.69) is 40.7 Å². The van der Waals surface area contributed by atoms with Gasteiger partial charge in [0.05, 0.1) is 38.4 Å². The van der Waals surface area contributed by atoms with Crippen LogP contribution in [0.1, 0.15) is 92.4 Å². The molecule has 0 aliphatic heterocycles. The highest BCUT2D eigenvalue weighted by Crippen LogP contribution is 2.22. The molecular formula is C25H50O4. The topological polar surface area (TPSA) is 69.9 Å². The molecule has 0 rings (SSSR count). The molecule has 0 saturated heterocycles. The van der Waals surface area contributed by atoms with E-state index in [1.54, 1.807) is 0 Å². The van der Waals surface area contributed by atoms with Crippen molar-refractivity contribution in [1.82, 2.24) is 0 Å². The van der Waals surface area contributed by atoms with Gasteiger partial charge in [0.2, 0.25) is 0 Å². The molecule has 0 amide bonds. The molecule has 0 aromatic heterocycles. The summed E-state index contributed by atoms with van der Waals surface area (Å²) in [7, 11) is 0. The maximum Gasteiger partial charge on any atom is 0.0650 e. The molecule has 0 aliphatic carbocycles. The summed E-state index contributed by atoms with van der Waals surface area (Å²) in [6, 6.07) is 0. The average molecular weight is 415 g/mol. The fourth-order valence-electron chi connectivity index (χ4n) is 3.57. The van der Waals surface area contributed by atoms with E-state index in [9.17, 15) is 15.3 Å². The number of aliphatic hydroxyl groups excluding tert-OH is 3. The van der Waals surface area contributed by atoms with Crippen LogP contribution in [0.15, 0.2) is 11.6 Å². The van der Waals surface area contributed by atoms with Crippen LogP contribution in [-0.2, 0) is 4.74 Å². The number of rotatable bonds is 19. The maximum absolute atomic E-state index is 9.29. The van der Waals surface area contributed by atoms with Crippen LogP contribution in [0.25, 0.3) is 0 Å². The SMILES string of the molecule is C/C(=C\COCC(CO)(CO)CO)CCCC(C)CCCC(C)CCCC(C)C. The summed E-state index contributed by atoms with van der Waals surface area (Å²) < 4.78 is 5.53. The second kappa shape index (κ2) is 17.3. The minimum atomic E-state index is -0.941. The molecule has 2 atom stereocenters. The van der Waals surface area contributed by atoms with Gasteiger partial charge in [-0.3, -0.25) is 0 Å². The molecule has 174 valence electrons. The van der Waals surface area contributed by atoms with Crippen LogP contribution in [0.4, 0.5) is 0 Å². The van der Waals surface area contributed by atoms with Crippen LogP contribution in [-0.4, -0.2) is 48.4 Å². The molecule has 0 heterocycles.